The molecule has 0 atom stereocenters. The molecule has 0 aliphatic carbocycles. The first-order chi connectivity index (χ1) is 6.91. The molecule has 0 rings (SSSR count). The molecule has 0 saturated heterocycles. The molecule has 7 nitrogen and oxygen atoms in total. The Morgan fingerprint density at radius 3 is 0.600 bits per heavy atom. The zero-order valence-electron chi connectivity index (χ0n) is 7.66. The van der Waals surface area contributed by atoms with Crippen LogP contribution >= 0.6 is 0 Å². The van der Waals surface area contributed by atoms with Gasteiger partial charge in [0.15, 0.2) is 0 Å². The van der Waals surface area contributed by atoms with E-state index >= 15 is 0 Å². The summed E-state index contributed by atoms with van der Waals surface area (Å²) >= 11 is 0. The van der Waals surface area contributed by atoms with Crippen molar-refractivity contribution in [3.05, 3.63) is 32.9 Å². The van der Waals surface area contributed by atoms with Gasteiger partial charge in [0, 0.05) is 13.1 Å². The van der Waals surface area contributed by atoms with Gasteiger partial charge in [0.05, 0.1) is 0 Å². The first-order valence-electron chi connectivity index (χ1n) is 2.43. The van der Waals surface area contributed by atoms with Crippen LogP contribution in [-0.4, -0.2) is 13.1 Å². The minimum atomic E-state index is 0. The summed E-state index contributed by atoms with van der Waals surface area (Å²) in [5.74, 6) is 0. The van der Waals surface area contributed by atoms with Gasteiger partial charge in [0.1, 0.15) is 0 Å². The van der Waals surface area contributed by atoms with Crippen molar-refractivity contribution in [2.75, 3.05) is 13.1 Å². The quantitative estimate of drug-likeness (QED) is 0.458. The van der Waals surface area contributed by atoms with Gasteiger partial charge < -0.3 is 70.6 Å². The number of hydrogen-bond acceptors (Lipinski definition) is 7. The second-order valence-electron chi connectivity index (χ2n) is 0.577. The maximum absolute atomic E-state index is 6.25. The maximum Gasteiger partial charge on any atom is 5.00 e. The number of rotatable bonds is 1. The van der Waals surface area contributed by atoms with Crippen molar-refractivity contribution in [1.29, 1.82) is 26.3 Å². The third kappa shape index (κ3) is 943. The maximum atomic E-state index is 6.25. The molecule has 0 aromatic heterocycles. The standard InChI is InChI=1S/C2H8N2.5CN.Fe/c3-1-2-4;5*1-2;/h1-4H2;;;;;;/q;5*-1;+5. The van der Waals surface area contributed by atoms with E-state index in [-0.39, 0.29) is 17.1 Å². The van der Waals surface area contributed by atoms with Crippen LogP contribution < -0.4 is 11.5 Å². The van der Waals surface area contributed by atoms with E-state index in [2.05, 4.69) is 0 Å². The molecule has 0 saturated carbocycles. The zero-order valence-corrected chi connectivity index (χ0v) is 8.76. The molecule has 8 heteroatoms. The minimum absolute atomic E-state index is 0. The predicted octanol–water partition coefficient (Wildman–Crippen LogP) is -0.617. The van der Waals surface area contributed by atoms with Crippen molar-refractivity contribution in [3.63, 3.8) is 0 Å². The molecule has 79 valence electrons. The summed E-state index contributed by atoms with van der Waals surface area (Å²) in [5, 5.41) is 31.2. The molecular weight excluding hydrogens is 238 g/mol. The monoisotopic (exact) mass is 246 g/mol. The van der Waals surface area contributed by atoms with E-state index in [4.69, 9.17) is 70.6 Å². The molecule has 0 aromatic carbocycles. The van der Waals surface area contributed by atoms with Crippen LogP contribution in [0.4, 0.5) is 0 Å². The Bertz CT molecular complexity index is 97.7. The smallest absolute Gasteiger partial charge is 0.512 e. The number of nitrogens with two attached hydrogens (primary N) is 2. The Hall–Kier alpha value is -2.11. The van der Waals surface area contributed by atoms with Gasteiger partial charge in [-0.2, -0.15) is 0 Å². The van der Waals surface area contributed by atoms with Crippen LogP contribution in [0.25, 0.3) is 0 Å². The number of nitrogens with zero attached hydrogens (tertiary/aromatic N) is 5. The largest absolute Gasteiger partial charge is 5.00 e. The SMILES string of the molecule is NCCN.[C-]#N.[C-]#N.[C-]#N.[C-]#N.[C-]#N.[Fe+5]. The fraction of sp³-hybridized carbons (Fsp3) is 0.286. The third-order valence-corrected chi connectivity index (χ3v) is 0.167. The van der Waals surface area contributed by atoms with Crippen LogP contribution in [0.15, 0.2) is 0 Å². The average Bonchev–Trinajstić information content (AvgIpc) is 2.41. The van der Waals surface area contributed by atoms with Crippen LogP contribution in [0.2, 0.25) is 0 Å². The van der Waals surface area contributed by atoms with E-state index in [0.29, 0.717) is 13.1 Å². The first-order valence-corrected chi connectivity index (χ1v) is 2.43. The van der Waals surface area contributed by atoms with Gasteiger partial charge in [-0.25, -0.2) is 0 Å². The van der Waals surface area contributed by atoms with E-state index in [9.17, 15) is 0 Å². The summed E-state index contributed by atoms with van der Waals surface area (Å²) < 4.78 is 0. The van der Waals surface area contributed by atoms with Gasteiger partial charge >= 0.3 is 17.1 Å². The zero-order chi connectivity index (χ0) is 13.4. The molecular formula is C7H8FeN7. The van der Waals surface area contributed by atoms with Crippen LogP contribution in [-0.2, 0) is 17.1 Å². The van der Waals surface area contributed by atoms with Crippen LogP contribution in [0.1, 0.15) is 0 Å². The normalized spacial score (nSPS) is 2.67. The van der Waals surface area contributed by atoms with Crippen molar-refractivity contribution in [1.82, 2.24) is 0 Å². The molecule has 0 fully saturated rings. The molecule has 0 bridgehead atoms. The summed E-state index contributed by atoms with van der Waals surface area (Å²) in [5.41, 5.74) is 9.81. The van der Waals surface area contributed by atoms with E-state index in [1.54, 1.807) is 0 Å². The van der Waals surface area contributed by atoms with Crippen molar-refractivity contribution < 1.29 is 17.1 Å². The molecule has 0 aliphatic heterocycles. The molecule has 0 aromatic rings. The van der Waals surface area contributed by atoms with Crippen molar-refractivity contribution in [2.45, 2.75) is 0 Å². The molecule has 0 aliphatic rings. The minimum Gasteiger partial charge on any atom is -0.512 e. The van der Waals surface area contributed by atoms with Crippen molar-refractivity contribution in [3.8, 4) is 0 Å². The summed E-state index contributed by atoms with van der Waals surface area (Å²) in [4.78, 5) is 0. The topological polar surface area (TPSA) is 171 Å². The van der Waals surface area contributed by atoms with Crippen molar-refractivity contribution in [2.24, 2.45) is 11.5 Å². The van der Waals surface area contributed by atoms with Gasteiger partial charge in [-0.1, -0.05) is 0 Å². The second kappa shape index (κ2) is 115000. The Morgan fingerprint density at radius 2 is 0.600 bits per heavy atom. The predicted molar refractivity (Wildman–Crippen MR) is 42.9 cm³/mol. The summed E-state index contributed by atoms with van der Waals surface area (Å²) in [6.45, 7) is 24.9. The molecule has 0 heterocycles. The first kappa shape index (κ1) is 52.5. The molecule has 4 N–H and O–H groups in total. The molecule has 0 spiro atoms. The van der Waals surface area contributed by atoms with Crippen LogP contribution in [0.5, 0.6) is 0 Å². The van der Waals surface area contributed by atoms with Gasteiger partial charge in [0.2, 0.25) is 0 Å². The molecule has 15 heavy (non-hydrogen) atoms. The average molecular weight is 246 g/mol. The summed E-state index contributed by atoms with van der Waals surface area (Å²) in [6.07, 6.45) is 0. The van der Waals surface area contributed by atoms with E-state index in [1.807, 2.05) is 0 Å². The Morgan fingerprint density at radius 1 is 0.533 bits per heavy atom. The van der Waals surface area contributed by atoms with E-state index < -0.39 is 0 Å². The fourth-order valence-corrected chi connectivity index (χ4v) is 0. The van der Waals surface area contributed by atoms with E-state index in [0.717, 1.165) is 0 Å². The Labute approximate surface area is 101 Å². The number of hydrogen-bond donors (Lipinski definition) is 2. The van der Waals surface area contributed by atoms with E-state index in [1.165, 1.54) is 0 Å². The van der Waals surface area contributed by atoms with Crippen LogP contribution in [0, 0.1) is 59.2 Å². The molecule has 0 unspecified atom stereocenters. The van der Waals surface area contributed by atoms with Gasteiger partial charge in [-0.05, 0) is 0 Å². The van der Waals surface area contributed by atoms with Gasteiger partial charge in [-0.3, -0.25) is 0 Å². The third-order valence-electron chi connectivity index (χ3n) is 0.167. The summed E-state index contributed by atoms with van der Waals surface area (Å²) in [6, 6.07) is 0. The summed E-state index contributed by atoms with van der Waals surface area (Å²) in [7, 11) is 0. The second-order valence-corrected chi connectivity index (χ2v) is 0.577. The van der Waals surface area contributed by atoms with Gasteiger partial charge in [0.25, 0.3) is 0 Å². The van der Waals surface area contributed by atoms with Crippen LogP contribution in [0.3, 0.4) is 0 Å². The Balaban J connectivity index is -0.0000000105. The molecule has 1 radical (unpaired) electrons. The van der Waals surface area contributed by atoms with Crippen molar-refractivity contribution >= 4 is 0 Å². The fourth-order valence-electron chi connectivity index (χ4n) is 0. The van der Waals surface area contributed by atoms with Gasteiger partial charge in [-0.15, -0.1) is 0 Å². The Kier molecular flexibility index (Phi) is 404000. The molecule has 0 amide bonds.